The average Bonchev–Trinajstić information content (AvgIpc) is 3.25. The fourth-order valence-corrected chi connectivity index (χ4v) is 3.98. The Kier molecular flexibility index (Phi) is 7.03. The van der Waals surface area contributed by atoms with Crippen LogP contribution in [0.25, 0.3) is 0 Å². The third-order valence-electron chi connectivity index (χ3n) is 5.61. The minimum atomic E-state index is -0.821. The first kappa shape index (κ1) is 23.9. The summed E-state index contributed by atoms with van der Waals surface area (Å²) in [6.45, 7) is 13.1. The normalized spacial score (nSPS) is 17.6. The summed E-state index contributed by atoms with van der Waals surface area (Å²) < 4.78 is 0. The number of aromatic nitrogens is 1. The SMILES string of the molecule is CC(C)(C)NC(=O)C(c1cccnc1)N(C(=O)[C@@H]1CCCN1)c1ccc(C(C)(C)C)cc1. The van der Waals surface area contributed by atoms with Crippen LogP contribution in [0.1, 0.15) is 71.6 Å². The Hall–Kier alpha value is -2.73. The highest BCUT2D eigenvalue weighted by molar-refractivity contribution is 6.04. The van der Waals surface area contributed by atoms with Crippen molar-refractivity contribution in [1.29, 1.82) is 0 Å². The second-order valence-electron chi connectivity index (χ2n) is 10.6. The van der Waals surface area contributed by atoms with Crippen molar-refractivity contribution in [3.05, 3.63) is 59.9 Å². The predicted molar refractivity (Wildman–Crippen MR) is 129 cm³/mol. The summed E-state index contributed by atoms with van der Waals surface area (Å²) in [5.74, 6) is -0.319. The number of hydrogen-bond donors (Lipinski definition) is 2. The second kappa shape index (κ2) is 9.41. The first-order valence-corrected chi connectivity index (χ1v) is 11.4. The number of pyridine rings is 1. The van der Waals surface area contributed by atoms with Crippen molar-refractivity contribution < 1.29 is 9.59 Å². The van der Waals surface area contributed by atoms with Gasteiger partial charge in [-0.3, -0.25) is 19.5 Å². The lowest BCUT2D eigenvalue weighted by Gasteiger charge is -2.35. The molecule has 1 unspecified atom stereocenters. The fraction of sp³-hybridized carbons (Fsp3) is 0.500. The van der Waals surface area contributed by atoms with Crippen LogP contribution >= 0.6 is 0 Å². The van der Waals surface area contributed by atoms with Gasteiger partial charge < -0.3 is 10.6 Å². The smallest absolute Gasteiger partial charge is 0.248 e. The van der Waals surface area contributed by atoms with Crippen molar-refractivity contribution in [3.8, 4) is 0 Å². The molecule has 172 valence electrons. The van der Waals surface area contributed by atoms with Crippen molar-refractivity contribution in [2.45, 2.75) is 77.4 Å². The van der Waals surface area contributed by atoms with Crippen molar-refractivity contribution in [2.24, 2.45) is 0 Å². The lowest BCUT2D eigenvalue weighted by molar-refractivity contribution is -0.128. The molecular formula is C26H36N4O2. The van der Waals surface area contributed by atoms with E-state index < -0.39 is 11.6 Å². The van der Waals surface area contributed by atoms with Gasteiger partial charge in [-0.15, -0.1) is 0 Å². The van der Waals surface area contributed by atoms with Gasteiger partial charge in [0.1, 0.15) is 6.04 Å². The molecule has 1 fully saturated rings. The van der Waals surface area contributed by atoms with E-state index in [0.29, 0.717) is 11.3 Å². The largest absolute Gasteiger partial charge is 0.349 e. The molecule has 6 nitrogen and oxygen atoms in total. The Bertz CT molecular complexity index is 921. The molecule has 1 aromatic heterocycles. The van der Waals surface area contributed by atoms with Crippen LogP contribution in [0, 0.1) is 0 Å². The summed E-state index contributed by atoms with van der Waals surface area (Å²) >= 11 is 0. The molecule has 3 rings (SSSR count). The molecule has 1 saturated heterocycles. The van der Waals surface area contributed by atoms with Crippen LogP contribution < -0.4 is 15.5 Å². The summed E-state index contributed by atoms with van der Waals surface area (Å²) in [7, 11) is 0. The number of anilines is 1. The lowest BCUT2D eigenvalue weighted by atomic mass is 9.87. The minimum absolute atomic E-state index is 0.00720. The topological polar surface area (TPSA) is 74.3 Å². The molecule has 1 aliphatic rings. The number of nitrogens with one attached hydrogen (secondary N) is 2. The summed E-state index contributed by atoms with van der Waals surface area (Å²) in [6.07, 6.45) is 5.04. The molecule has 2 amide bonds. The number of hydrogen-bond acceptors (Lipinski definition) is 4. The molecule has 0 radical (unpaired) electrons. The van der Waals surface area contributed by atoms with Gasteiger partial charge in [0.05, 0.1) is 6.04 Å². The first-order valence-electron chi connectivity index (χ1n) is 11.4. The molecule has 2 aromatic rings. The van der Waals surface area contributed by atoms with Gasteiger partial charge in [0.2, 0.25) is 11.8 Å². The third kappa shape index (κ3) is 5.74. The number of rotatable bonds is 5. The number of amides is 2. The van der Waals surface area contributed by atoms with Gasteiger partial charge in [0.25, 0.3) is 0 Å². The Morgan fingerprint density at radius 3 is 2.28 bits per heavy atom. The van der Waals surface area contributed by atoms with E-state index in [9.17, 15) is 9.59 Å². The standard InChI is InChI=1S/C26H36N4O2/c1-25(2,3)19-11-13-20(14-12-19)30(24(32)21-10-8-16-28-21)22(18-9-7-15-27-17-18)23(31)29-26(4,5)6/h7,9,11-15,17,21-22,28H,8,10,16H2,1-6H3,(H,29,31)/t21-,22?/m0/s1. The maximum Gasteiger partial charge on any atom is 0.248 e. The Labute approximate surface area is 191 Å². The second-order valence-corrected chi connectivity index (χ2v) is 10.6. The molecule has 1 aliphatic heterocycles. The molecule has 0 spiro atoms. The molecule has 2 heterocycles. The van der Waals surface area contributed by atoms with Gasteiger partial charge in [0, 0.05) is 29.2 Å². The van der Waals surface area contributed by atoms with E-state index in [2.05, 4.69) is 36.4 Å². The van der Waals surface area contributed by atoms with E-state index in [-0.39, 0.29) is 23.3 Å². The van der Waals surface area contributed by atoms with Crippen molar-refractivity contribution in [1.82, 2.24) is 15.6 Å². The van der Waals surface area contributed by atoms with Crippen LogP contribution in [0.15, 0.2) is 48.8 Å². The van der Waals surface area contributed by atoms with E-state index in [1.165, 1.54) is 5.56 Å². The van der Waals surface area contributed by atoms with Crippen LogP contribution in [-0.4, -0.2) is 34.9 Å². The maximum atomic E-state index is 13.8. The van der Waals surface area contributed by atoms with Crippen molar-refractivity contribution in [2.75, 3.05) is 11.4 Å². The van der Waals surface area contributed by atoms with Gasteiger partial charge in [-0.2, -0.15) is 0 Å². The van der Waals surface area contributed by atoms with Crippen LogP contribution in [0.4, 0.5) is 5.69 Å². The molecule has 2 atom stereocenters. The molecular weight excluding hydrogens is 400 g/mol. The monoisotopic (exact) mass is 436 g/mol. The third-order valence-corrected chi connectivity index (χ3v) is 5.61. The minimum Gasteiger partial charge on any atom is -0.349 e. The molecule has 1 aromatic carbocycles. The zero-order valence-electron chi connectivity index (χ0n) is 20.1. The Balaban J connectivity index is 2.11. The highest BCUT2D eigenvalue weighted by Crippen LogP contribution is 2.32. The fourth-order valence-electron chi connectivity index (χ4n) is 3.98. The van der Waals surface area contributed by atoms with E-state index >= 15 is 0 Å². The van der Waals surface area contributed by atoms with Gasteiger partial charge in [-0.1, -0.05) is 39.0 Å². The van der Waals surface area contributed by atoms with Crippen molar-refractivity contribution in [3.63, 3.8) is 0 Å². The zero-order chi connectivity index (χ0) is 23.5. The number of carbonyl (C=O) groups is 2. The lowest BCUT2D eigenvalue weighted by Crippen LogP contribution is -2.52. The first-order chi connectivity index (χ1) is 15.0. The van der Waals surface area contributed by atoms with E-state index in [0.717, 1.165) is 19.4 Å². The van der Waals surface area contributed by atoms with E-state index in [1.54, 1.807) is 23.4 Å². The van der Waals surface area contributed by atoms with Crippen LogP contribution in [0.2, 0.25) is 0 Å². The highest BCUT2D eigenvalue weighted by Gasteiger charge is 2.38. The van der Waals surface area contributed by atoms with Gasteiger partial charge in [-0.05, 0) is 69.3 Å². The van der Waals surface area contributed by atoms with Crippen LogP contribution in [-0.2, 0) is 15.0 Å². The molecule has 2 N–H and O–H groups in total. The highest BCUT2D eigenvalue weighted by atomic mass is 16.2. The quantitative estimate of drug-likeness (QED) is 0.739. The average molecular weight is 437 g/mol. The summed E-state index contributed by atoms with van der Waals surface area (Å²) in [5.41, 5.74) is 2.11. The predicted octanol–water partition coefficient (Wildman–Crippen LogP) is 4.12. The summed E-state index contributed by atoms with van der Waals surface area (Å²) in [4.78, 5) is 33.2. The molecule has 0 saturated carbocycles. The molecule has 0 aliphatic carbocycles. The number of carbonyl (C=O) groups excluding carboxylic acids is 2. The van der Waals surface area contributed by atoms with E-state index in [1.807, 2.05) is 51.1 Å². The van der Waals surface area contributed by atoms with Crippen LogP contribution in [0.3, 0.4) is 0 Å². The Morgan fingerprint density at radius 1 is 1.09 bits per heavy atom. The number of benzene rings is 1. The molecule has 0 bridgehead atoms. The molecule has 32 heavy (non-hydrogen) atoms. The maximum absolute atomic E-state index is 13.8. The summed E-state index contributed by atoms with van der Waals surface area (Å²) in [6, 6.07) is 10.5. The van der Waals surface area contributed by atoms with Gasteiger partial charge >= 0.3 is 0 Å². The molecule has 6 heteroatoms. The van der Waals surface area contributed by atoms with Crippen LogP contribution in [0.5, 0.6) is 0 Å². The van der Waals surface area contributed by atoms with Crippen molar-refractivity contribution >= 4 is 17.5 Å². The number of nitrogens with zero attached hydrogens (tertiary/aromatic N) is 2. The summed E-state index contributed by atoms with van der Waals surface area (Å²) in [5, 5.41) is 6.37. The Morgan fingerprint density at radius 2 is 1.78 bits per heavy atom. The van der Waals surface area contributed by atoms with E-state index in [4.69, 9.17) is 0 Å². The van der Waals surface area contributed by atoms with Gasteiger partial charge in [0.15, 0.2) is 0 Å². The van der Waals surface area contributed by atoms with Gasteiger partial charge in [-0.25, -0.2) is 0 Å². The zero-order valence-corrected chi connectivity index (χ0v) is 20.1.